The maximum absolute atomic E-state index is 3.92. The van der Waals surface area contributed by atoms with Crippen molar-refractivity contribution in [3.05, 3.63) is 30.3 Å². The first-order valence-corrected chi connectivity index (χ1v) is 8.37. The van der Waals surface area contributed by atoms with Crippen LogP contribution in [0.2, 0.25) is 0 Å². The van der Waals surface area contributed by atoms with E-state index in [1.54, 1.807) is 0 Å². The standard InChI is InChI=1S/C18H28N2/c1-15-7-9-16(10-8-15)19-17-11-13-20(14-12-17)18-5-3-2-4-6-18/h2-6,15-17,19H,7-14H2,1H3. The average Bonchev–Trinajstić information content (AvgIpc) is 2.51. The number of anilines is 1. The van der Waals surface area contributed by atoms with Gasteiger partial charge in [-0.3, -0.25) is 0 Å². The van der Waals surface area contributed by atoms with Crippen LogP contribution < -0.4 is 10.2 Å². The van der Waals surface area contributed by atoms with Gasteiger partial charge in [-0.15, -0.1) is 0 Å². The predicted octanol–water partition coefficient (Wildman–Crippen LogP) is 3.82. The molecular weight excluding hydrogens is 244 g/mol. The summed E-state index contributed by atoms with van der Waals surface area (Å²) in [4.78, 5) is 2.53. The molecule has 1 N–H and O–H groups in total. The van der Waals surface area contributed by atoms with E-state index in [4.69, 9.17) is 0 Å². The van der Waals surface area contributed by atoms with Gasteiger partial charge in [-0.25, -0.2) is 0 Å². The monoisotopic (exact) mass is 272 g/mol. The van der Waals surface area contributed by atoms with E-state index < -0.39 is 0 Å². The zero-order valence-electron chi connectivity index (χ0n) is 12.7. The Labute approximate surface area is 123 Å². The van der Waals surface area contributed by atoms with Gasteiger partial charge in [0.25, 0.3) is 0 Å². The van der Waals surface area contributed by atoms with Crippen LogP contribution in [0.15, 0.2) is 30.3 Å². The van der Waals surface area contributed by atoms with Crippen LogP contribution in [0.4, 0.5) is 5.69 Å². The maximum Gasteiger partial charge on any atom is 0.0366 e. The lowest BCUT2D eigenvalue weighted by molar-refractivity contribution is 0.270. The molecule has 2 aliphatic rings. The molecule has 0 amide bonds. The first-order chi connectivity index (χ1) is 9.81. The summed E-state index contributed by atoms with van der Waals surface area (Å²) in [6.07, 6.45) is 8.20. The quantitative estimate of drug-likeness (QED) is 0.900. The van der Waals surface area contributed by atoms with Gasteiger partial charge in [-0.1, -0.05) is 25.1 Å². The topological polar surface area (TPSA) is 15.3 Å². The molecule has 1 aromatic carbocycles. The van der Waals surface area contributed by atoms with Gasteiger partial charge in [0.2, 0.25) is 0 Å². The number of benzene rings is 1. The number of para-hydroxylation sites is 1. The molecule has 110 valence electrons. The summed E-state index contributed by atoms with van der Waals surface area (Å²) in [5, 5.41) is 3.92. The molecule has 20 heavy (non-hydrogen) atoms. The lowest BCUT2D eigenvalue weighted by Crippen LogP contribution is -2.47. The Morgan fingerprint density at radius 3 is 2.10 bits per heavy atom. The van der Waals surface area contributed by atoms with Crippen molar-refractivity contribution in [1.82, 2.24) is 5.32 Å². The minimum absolute atomic E-state index is 0.744. The Balaban J connectivity index is 1.44. The summed E-state index contributed by atoms with van der Waals surface area (Å²) < 4.78 is 0. The SMILES string of the molecule is CC1CCC(NC2CCN(c3ccccc3)CC2)CC1. The Kier molecular flexibility index (Phi) is 4.62. The number of rotatable bonds is 3. The molecule has 1 aromatic rings. The Hall–Kier alpha value is -1.02. The second kappa shape index (κ2) is 6.62. The number of hydrogen-bond donors (Lipinski definition) is 1. The summed E-state index contributed by atoms with van der Waals surface area (Å²) in [7, 11) is 0. The fourth-order valence-corrected chi connectivity index (χ4v) is 3.70. The third kappa shape index (κ3) is 3.54. The van der Waals surface area contributed by atoms with Gasteiger partial charge in [-0.2, -0.15) is 0 Å². The number of nitrogens with one attached hydrogen (secondary N) is 1. The molecule has 1 saturated carbocycles. The van der Waals surface area contributed by atoms with E-state index in [1.165, 1.54) is 57.3 Å². The van der Waals surface area contributed by atoms with E-state index in [1.807, 2.05) is 0 Å². The largest absolute Gasteiger partial charge is 0.371 e. The van der Waals surface area contributed by atoms with Gasteiger partial charge in [0.1, 0.15) is 0 Å². The summed E-state index contributed by atoms with van der Waals surface area (Å²) in [5.74, 6) is 0.952. The average molecular weight is 272 g/mol. The molecule has 0 unspecified atom stereocenters. The van der Waals surface area contributed by atoms with Gasteiger partial charge < -0.3 is 10.2 Å². The lowest BCUT2D eigenvalue weighted by Gasteiger charge is -2.37. The fraction of sp³-hybridized carbons (Fsp3) is 0.667. The molecule has 2 nitrogen and oxygen atoms in total. The smallest absolute Gasteiger partial charge is 0.0366 e. The van der Waals surface area contributed by atoms with Crippen LogP contribution in [0.25, 0.3) is 0 Å². The van der Waals surface area contributed by atoms with Crippen molar-refractivity contribution >= 4 is 5.69 Å². The third-order valence-corrected chi connectivity index (χ3v) is 5.10. The van der Waals surface area contributed by atoms with E-state index >= 15 is 0 Å². The lowest BCUT2D eigenvalue weighted by atomic mass is 9.86. The van der Waals surface area contributed by atoms with E-state index in [2.05, 4.69) is 47.5 Å². The second-order valence-corrected chi connectivity index (χ2v) is 6.72. The molecule has 0 bridgehead atoms. The fourth-order valence-electron chi connectivity index (χ4n) is 3.70. The summed E-state index contributed by atoms with van der Waals surface area (Å²) in [5.41, 5.74) is 1.39. The summed E-state index contributed by atoms with van der Waals surface area (Å²) in [6, 6.07) is 12.4. The van der Waals surface area contributed by atoms with Crippen molar-refractivity contribution in [1.29, 1.82) is 0 Å². The predicted molar refractivity (Wildman–Crippen MR) is 86.2 cm³/mol. The summed E-state index contributed by atoms with van der Waals surface area (Å²) >= 11 is 0. The van der Waals surface area contributed by atoms with Gasteiger partial charge in [0.05, 0.1) is 0 Å². The molecule has 3 rings (SSSR count). The zero-order valence-corrected chi connectivity index (χ0v) is 12.7. The van der Waals surface area contributed by atoms with E-state index in [-0.39, 0.29) is 0 Å². The first-order valence-electron chi connectivity index (χ1n) is 8.37. The molecule has 1 aliphatic carbocycles. The van der Waals surface area contributed by atoms with Crippen molar-refractivity contribution < 1.29 is 0 Å². The molecule has 1 heterocycles. The highest BCUT2D eigenvalue weighted by Crippen LogP contribution is 2.25. The molecule has 0 atom stereocenters. The van der Waals surface area contributed by atoms with Crippen LogP contribution in [0.1, 0.15) is 45.4 Å². The normalized spacial score (nSPS) is 28.6. The van der Waals surface area contributed by atoms with Crippen molar-refractivity contribution in [2.75, 3.05) is 18.0 Å². The van der Waals surface area contributed by atoms with Crippen LogP contribution in [0.5, 0.6) is 0 Å². The third-order valence-electron chi connectivity index (χ3n) is 5.10. The van der Waals surface area contributed by atoms with Crippen LogP contribution >= 0.6 is 0 Å². The molecule has 2 fully saturated rings. The summed E-state index contributed by atoms with van der Waals surface area (Å²) in [6.45, 7) is 4.80. The number of nitrogens with zero attached hydrogens (tertiary/aromatic N) is 1. The molecule has 2 heteroatoms. The second-order valence-electron chi connectivity index (χ2n) is 6.72. The highest BCUT2D eigenvalue weighted by atomic mass is 15.1. The molecule has 1 aliphatic heterocycles. The zero-order chi connectivity index (χ0) is 13.8. The van der Waals surface area contributed by atoms with Gasteiger partial charge >= 0.3 is 0 Å². The minimum Gasteiger partial charge on any atom is -0.371 e. The molecule has 1 saturated heterocycles. The molecular formula is C18H28N2. The Bertz CT molecular complexity index is 387. The Morgan fingerprint density at radius 2 is 1.45 bits per heavy atom. The van der Waals surface area contributed by atoms with E-state index in [0.717, 1.165) is 18.0 Å². The minimum atomic E-state index is 0.744. The van der Waals surface area contributed by atoms with E-state index in [9.17, 15) is 0 Å². The van der Waals surface area contributed by atoms with Crippen LogP contribution in [-0.4, -0.2) is 25.2 Å². The maximum atomic E-state index is 3.92. The highest BCUT2D eigenvalue weighted by Gasteiger charge is 2.24. The number of hydrogen-bond acceptors (Lipinski definition) is 2. The Morgan fingerprint density at radius 1 is 0.850 bits per heavy atom. The molecule has 0 aromatic heterocycles. The molecule has 0 radical (unpaired) electrons. The van der Waals surface area contributed by atoms with Crippen LogP contribution in [-0.2, 0) is 0 Å². The van der Waals surface area contributed by atoms with Gasteiger partial charge in [0.15, 0.2) is 0 Å². The van der Waals surface area contributed by atoms with Crippen molar-refractivity contribution in [2.45, 2.75) is 57.5 Å². The van der Waals surface area contributed by atoms with Crippen molar-refractivity contribution in [3.63, 3.8) is 0 Å². The van der Waals surface area contributed by atoms with Gasteiger partial charge in [0, 0.05) is 30.9 Å². The van der Waals surface area contributed by atoms with Crippen LogP contribution in [0.3, 0.4) is 0 Å². The van der Waals surface area contributed by atoms with Crippen molar-refractivity contribution in [3.8, 4) is 0 Å². The first kappa shape index (κ1) is 13.9. The van der Waals surface area contributed by atoms with Crippen LogP contribution in [0, 0.1) is 5.92 Å². The van der Waals surface area contributed by atoms with Gasteiger partial charge in [-0.05, 0) is 56.6 Å². The number of piperidine rings is 1. The van der Waals surface area contributed by atoms with E-state index in [0.29, 0.717) is 0 Å². The highest BCUT2D eigenvalue weighted by molar-refractivity contribution is 5.46. The molecule has 0 spiro atoms. The van der Waals surface area contributed by atoms with Crippen molar-refractivity contribution in [2.24, 2.45) is 5.92 Å².